The van der Waals surface area contributed by atoms with Gasteiger partial charge in [0.1, 0.15) is 5.75 Å². The van der Waals surface area contributed by atoms with Crippen LogP contribution in [-0.4, -0.2) is 18.3 Å². The predicted molar refractivity (Wildman–Crippen MR) is 95.8 cm³/mol. The number of amides is 1. The summed E-state index contributed by atoms with van der Waals surface area (Å²) in [5.74, 6) is 0.230. The molecule has 0 aromatic heterocycles. The normalized spacial score (nSPS) is 11.0. The Kier molecular flexibility index (Phi) is 5.62. The van der Waals surface area contributed by atoms with Crippen molar-refractivity contribution in [3.8, 4) is 5.75 Å². The number of carbonyl (C=O) groups is 2. The minimum atomic E-state index is -0.475. The standard InChI is InChI=1S/C19H20ClNO3/c1-19(2,3)18(23)21-14-10-8-13(9-11-14)16(22)12-24-17-7-5-4-6-15(17)20/h4-11H,12H2,1-3H3,(H,21,23). The van der Waals surface area contributed by atoms with Gasteiger partial charge in [-0.05, 0) is 36.4 Å². The van der Waals surface area contributed by atoms with Gasteiger partial charge in [-0.25, -0.2) is 0 Å². The van der Waals surface area contributed by atoms with Crippen molar-refractivity contribution < 1.29 is 14.3 Å². The summed E-state index contributed by atoms with van der Waals surface area (Å²) in [6.45, 7) is 5.42. The quantitative estimate of drug-likeness (QED) is 0.806. The van der Waals surface area contributed by atoms with Crippen LogP contribution in [0.4, 0.5) is 5.69 Å². The highest BCUT2D eigenvalue weighted by Gasteiger charge is 2.21. The molecule has 0 unspecified atom stereocenters. The molecule has 4 nitrogen and oxygen atoms in total. The molecule has 0 fully saturated rings. The van der Waals surface area contributed by atoms with Crippen molar-refractivity contribution in [2.45, 2.75) is 20.8 Å². The minimum Gasteiger partial charge on any atom is -0.484 e. The van der Waals surface area contributed by atoms with Crippen molar-refractivity contribution >= 4 is 29.0 Å². The van der Waals surface area contributed by atoms with E-state index < -0.39 is 5.41 Å². The third kappa shape index (κ3) is 4.83. The van der Waals surface area contributed by atoms with Crippen LogP contribution >= 0.6 is 11.6 Å². The average Bonchev–Trinajstić information content (AvgIpc) is 2.53. The minimum absolute atomic E-state index is 0.0800. The predicted octanol–water partition coefficient (Wildman–Crippen LogP) is 4.59. The molecule has 0 radical (unpaired) electrons. The number of halogens is 1. The number of hydrogen-bond acceptors (Lipinski definition) is 3. The molecule has 0 saturated carbocycles. The van der Waals surface area contributed by atoms with Gasteiger partial charge in [0.15, 0.2) is 12.4 Å². The first-order chi connectivity index (χ1) is 11.3. The van der Waals surface area contributed by atoms with E-state index in [1.807, 2.05) is 20.8 Å². The van der Waals surface area contributed by atoms with Gasteiger partial charge in [0.2, 0.25) is 5.91 Å². The van der Waals surface area contributed by atoms with E-state index in [2.05, 4.69) is 5.32 Å². The van der Waals surface area contributed by atoms with Crippen molar-refractivity contribution in [2.24, 2.45) is 5.41 Å². The summed E-state index contributed by atoms with van der Waals surface area (Å²) < 4.78 is 5.44. The molecule has 0 aliphatic rings. The summed E-state index contributed by atoms with van der Waals surface area (Å²) in [5, 5.41) is 3.28. The first-order valence-electron chi connectivity index (χ1n) is 7.59. The number of ketones is 1. The molecular formula is C19H20ClNO3. The lowest BCUT2D eigenvalue weighted by Crippen LogP contribution is -2.27. The Balaban J connectivity index is 1.96. The summed E-state index contributed by atoms with van der Waals surface area (Å²) in [4.78, 5) is 24.1. The fraction of sp³-hybridized carbons (Fsp3) is 0.263. The zero-order chi connectivity index (χ0) is 17.7. The van der Waals surface area contributed by atoms with E-state index in [4.69, 9.17) is 16.3 Å². The molecule has 0 heterocycles. The Morgan fingerprint density at radius 1 is 1.04 bits per heavy atom. The van der Waals surface area contributed by atoms with E-state index in [1.54, 1.807) is 48.5 Å². The molecule has 5 heteroatoms. The average molecular weight is 346 g/mol. The van der Waals surface area contributed by atoms with Crippen molar-refractivity contribution in [3.63, 3.8) is 0 Å². The summed E-state index contributed by atoms with van der Waals surface area (Å²) in [6, 6.07) is 13.7. The molecule has 1 amide bonds. The molecule has 0 aliphatic heterocycles. The van der Waals surface area contributed by atoms with Crippen molar-refractivity contribution in [2.75, 3.05) is 11.9 Å². The molecule has 0 aliphatic carbocycles. The van der Waals surface area contributed by atoms with Crippen LogP contribution in [0.5, 0.6) is 5.75 Å². The second-order valence-corrected chi connectivity index (χ2v) is 6.83. The van der Waals surface area contributed by atoms with Gasteiger partial charge < -0.3 is 10.1 Å². The van der Waals surface area contributed by atoms with E-state index in [9.17, 15) is 9.59 Å². The maximum absolute atomic E-state index is 12.2. The number of Topliss-reactive ketones (excluding diaryl/α,β-unsaturated/α-hetero) is 1. The van der Waals surface area contributed by atoms with Gasteiger partial charge in [0, 0.05) is 16.7 Å². The molecule has 24 heavy (non-hydrogen) atoms. The summed E-state index contributed by atoms with van der Waals surface area (Å²) in [7, 11) is 0. The molecule has 1 N–H and O–H groups in total. The highest BCUT2D eigenvalue weighted by Crippen LogP contribution is 2.23. The molecule has 0 spiro atoms. The number of para-hydroxylation sites is 1. The van der Waals surface area contributed by atoms with Gasteiger partial charge in [-0.3, -0.25) is 9.59 Å². The molecule has 2 aromatic carbocycles. The van der Waals surface area contributed by atoms with Gasteiger partial charge in [0.05, 0.1) is 5.02 Å². The number of rotatable bonds is 5. The Morgan fingerprint density at radius 3 is 2.25 bits per heavy atom. The van der Waals surface area contributed by atoms with Gasteiger partial charge in [-0.2, -0.15) is 0 Å². The fourth-order valence-electron chi connectivity index (χ4n) is 1.85. The Morgan fingerprint density at radius 2 is 1.67 bits per heavy atom. The SMILES string of the molecule is CC(C)(C)C(=O)Nc1ccc(C(=O)COc2ccccc2Cl)cc1. The van der Waals surface area contributed by atoms with Gasteiger partial charge in [-0.1, -0.05) is 44.5 Å². The highest BCUT2D eigenvalue weighted by molar-refractivity contribution is 6.32. The Labute approximate surface area is 146 Å². The van der Waals surface area contributed by atoms with Gasteiger partial charge in [-0.15, -0.1) is 0 Å². The maximum Gasteiger partial charge on any atom is 0.229 e. The van der Waals surface area contributed by atoms with Crippen LogP contribution in [0.2, 0.25) is 5.02 Å². The number of carbonyl (C=O) groups excluding carboxylic acids is 2. The van der Waals surface area contributed by atoms with Gasteiger partial charge in [0.25, 0.3) is 0 Å². The van der Waals surface area contributed by atoms with E-state index in [0.717, 1.165) is 0 Å². The summed E-state index contributed by atoms with van der Waals surface area (Å²) in [6.07, 6.45) is 0. The Hall–Kier alpha value is -2.33. The summed E-state index contributed by atoms with van der Waals surface area (Å²) >= 11 is 5.98. The van der Waals surface area contributed by atoms with Crippen LogP contribution in [0.15, 0.2) is 48.5 Å². The van der Waals surface area contributed by atoms with Crippen molar-refractivity contribution in [1.29, 1.82) is 0 Å². The molecule has 0 saturated heterocycles. The van der Waals surface area contributed by atoms with E-state index in [0.29, 0.717) is 22.0 Å². The topological polar surface area (TPSA) is 55.4 Å². The zero-order valence-electron chi connectivity index (χ0n) is 13.9. The highest BCUT2D eigenvalue weighted by atomic mass is 35.5. The van der Waals surface area contributed by atoms with E-state index >= 15 is 0 Å². The number of nitrogens with one attached hydrogen (secondary N) is 1. The van der Waals surface area contributed by atoms with Crippen LogP contribution in [0.1, 0.15) is 31.1 Å². The lowest BCUT2D eigenvalue weighted by Gasteiger charge is -2.17. The van der Waals surface area contributed by atoms with Crippen molar-refractivity contribution in [3.05, 3.63) is 59.1 Å². The van der Waals surface area contributed by atoms with E-state index in [1.165, 1.54) is 0 Å². The number of hydrogen-bond donors (Lipinski definition) is 1. The van der Waals surface area contributed by atoms with Crippen LogP contribution in [0.25, 0.3) is 0 Å². The molecule has 2 aromatic rings. The lowest BCUT2D eigenvalue weighted by molar-refractivity contribution is -0.123. The van der Waals surface area contributed by atoms with Gasteiger partial charge >= 0.3 is 0 Å². The van der Waals surface area contributed by atoms with Crippen molar-refractivity contribution in [1.82, 2.24) is 0 Å². The first-order valence-corrected chi connectivity index (χ1v) is 7.97. The summed E-state index contributed by atoms with van der Waals surface area (Å²) in [5.41, 5.74) is 0.686. The number of benzene rings is 2. The molecule has 126 valence electrons. The van der Waals surface area contributed by atoms with Crippen LogP contribution in [-0.2, 0) is 4.79 Å². The van der Waals surface area contributed by atoms with Crippen LogP contribution < -0.4 is 10.1 Å². The third-order valence-electron chi connectivity index (χ3n) is 3.34. The second-order valence-electron chi connectivity index (χ2n) is 6.42. The van der Waals surface area contributed by atoms with Crippen LogP contribution in [0, 0.1) is 5.41 Å². The fourth-order valence-corrected chi connectivity index (χ4v) is 2.04. The monoisotopic (exact) mass is 345 g/mol. The number of anilines is 1. The largest absolute Gasteiger partial charge is 0.484 e. The Bertz CT molecular complexity index is 733. The lowest BCUT2D eigenvalue weighted by atomic mass is 9.95. The second kappa shape index (κ2) is 7.49. The van der Waals surface area contributed by atoms with Crippen LogP contribution in [0.3, 0.4) is 0 Å². The first kappa shape index (κ1) is 18.0. The number of ether oxygens (including phenoxy) is 1. The molecule has 0 atom stereocenters. The molecule has 2 rings (SSSR count). The molecule has 0 bridgehead atoms. The zero-order valence-corrected chi connectivity index (χ0v) is 14.7. The maximum atomic E-state index is 12.2. The third-order valence-corrected chi connectivity index (χ3v) is 3.65. The van der Waals surface area contributed by atoms with E-state index in [-0.39, 0.29) is 18.3 Å². The smallest absolute Gasteiger partial charge is 0.229 e. The molecular weight excluding hydrogens is 326 g/mol.